The Kier molecular flexibility index (Phi) is 2.41. The maximum absolute atomic E-state index is 3.93. The van der Waals surface area contributed by atoms with Crippen molar-refractivity contribution in [2.45, 2.75) is 5.33 Å². The highest BCUT2D eigenvalue weighted by Crippen LogP contribution is 2.26. The molecule has 0 atom stereocenters. The van der Waals surface area contributed by atoms with Crippen LogP contribution in [0.3, 0.4) is 0 Å². The summed E-state index contributed by atoms with van der Waals surface area (Å²) in [6, 6.07) is 4.11. The molecule has 0 saturated carbocycles. The fourth-order valence-corrected chi connectivity index (χ4v) is 2.41. The minimum atomic E-state index is 0.817. The van der Waals surface area contributed by atoms with Crippen LogP contribution < -0.4 is 0 Å². The van der Waals surface area contributed by atoms with E-state index in [9.17, 15) is 0 Å². The Morgan fingerprint density at radius 3 is 2.92 bits per heavy atom. The first kappa shape index (κ1) is 8.83. The second kappa shape index (κ2) is 3.55. The minimum Gasteiger partial charge on any atom is -0.228 e. The number of alkyl halides is 1. The van der Waals surface area contributed by atoms with Crippen molar-refractivity contribution in [3.05, 3.63) is 17.0 Å². The van der Waals surface area contributed by atoms with E-state index in [1.54, 1.807) is 16.0 Å². The van der Waals surface area contributed by atoms with Crippen molar-refractivity contribution in [3.63, 3.8) is 0 Å². The molecule has 2 aromatic rings. The van der Waals surface area contributed by atoms with Crippen LogP contribution in [0, 0.1) is 0 Å². The predicted octanol–water partition coefficient (Wildman–Crippen LogP) is 1.83. The molecule has 0 unspecified atom stereocenters. The molecule has 0 bridgehead atoms. The quantitative estimate of drug-likeness (QED) is 0.773. The fourth-order valence-electron chi connectivity index (χ4n) is 1.01. The number of tetrazole rings is 1. The van der Waals surface area contributed by atoms with Crippen LogP contribution in [0.15, 0.2) is 12.1 Å². The van der Waals surface area contributed by atoms with Gasteiger partial charge in [-0.15, -0.1) is 16.4 Å². The van der Waals surface area contributed by atoms with Gasteiger partial charge in [0.2, 0.25) is 0 Å². The standard InChI is InChI=1S/C7H7BrN4S/c1-12-7(9-10-11-12)6-3-2-5(4-8)13-6/h2-3H,4H2,1H3. The Balaban J connectivity index is 2.41. The third kappa shape index (κ3) is 1.64. The molecule has 0 radical (unpaired) electrons. The molecule has 0 aliphatic carbocycles. The number of thiophene rings is 1. The van der Waals surface area contributed by atoms with Gasteiger partial charge < -0.3 is 0 Å². The molecule has 0 aliphatic rings. The first-order chi connectivity index (χ1) is 6.31. The largest absolute Gasteiger partial charge is 0.228 e. The van der Waals surface area contributed by atoms with Gasteiger partial charge in [-0.1, -0.05) is 15.9 Å². The molecule has 2 heterocycles. The van der Waals surface area contributed by atoms with E-state index in [0.717, 1.165) is 16.0 Å². The molecule has 0 N–H and O–H groups in total. The Morgan fingerprint density at radius 1 is 1.54 bits per heavy atom. The van der Waals surface area contributed by atoms with Crippen LogP contribution in [0.1, 0.15) is 4.88 Å². The Labute approximate surface area is 87.7 Å². The maximum Gasteiger partial charge on any atom is 0.191 e. The average Bonchev–Trinajstić information content (AvgIpc) is 2.71. The molecule has 0 amide bonds. The first-order valence-corrected chi connectivity index (χ1v) is 5.62. The minimum absolute atomic E-state index is 0.817. The number of halogens is 1. The van der Waals surface area contributed by atoms with Gasteiger partial charge in [0.25, 0.3) is 0 Å². The van der Waals surface area contributed by atoms with Crippen molar-refractivity contribution >= 4 is 27.3 Å². The summed E-state index contributed by atoms with van der Waals surface area (Å²) in [6.45, 7) is 0. The molecule has 0 saturated heterocycles. The molecule has 0 aromatic carbocycles. The van der Waals surface area contributed by atoms with E-state index in [1.807, 2.05) is 13.1 Å². The molecule has 0 aliphatic heterocycles. The summed E-state index contributed by atoms with van der Waals surface area (Å²) >= 11 is 5.10. The van der Waals surface area contributed by atoms with Crippen LogP contribution in [0.2, 0.25) is 0 Å². The zero-order valence-corrected chi connectivity index (χ0v) is 9.34. The molecule has 68 valence electrons. The van der Waals surface area contributed by atoms with Gasteiger partial charge in [0, 0.05) is 17.3 Å². The van der Waals surface area contributed by atoms with Crippen LogP contribution >= 0.6 is 27.3 Å². The normalized spacial score (nSPS) is 10.6. The van der Waals surface area contributed by atoms with Crippen molar-refractivity contribution < 1.29 is 0 Å². The van der Waals surface area contributed by atoms with Crippen molar-refractivity contribution in [1.29, 1.82) is 0 Å². The smallest absolute Gasteiger partial charge is 0.191 e. The van der Waals surface area contributed by atoms with E-state index in [0.29, 0.717) is 0 Å². The topological polar surface area (TPSA) is 43.6 Å². The van der Waals surface area contributed by atoms with Gasteiger partial charge in [0.1, 0.15) is 0 Å². The van der Waals surface area contributed by atoms with E-state index >= 15 is 0 Å². The molecule has 2 rings (SSSR count). The van der Waals surface area contributed by atoms with Crippen LogP contribution in [-0.4, -0.2) is 20.2 Å². The van der Waals surface area contributed by atoms with E-state index in [4.69, 9.17) is 0 Å². The summed E-state index contributed by atoms with van der Waals surface area (Å²) in [7, 11) is 1.84. The van der Waals surface area contributed by atoms with Gasteiger partial charge >= 0.3 is 0 Å². The third-order valence-corrected chi connectivity index (χ3v) is 3.69. The second-order valence-electron chi connectivity index (χ2n) is 2.53. The van der Waals surface area contributed by atoms with Gasteiger partial charge in [-0.25, -0.2) is 4.68 Å². The summed E-state index contributed by atoms with van der Waals surface area (Å²) < 4.78 is 1.67. The molecule has 6 heteroatoms. The third-order valence-electron chi connectivity index (χ3n) is 1.63. The lowest BCUT2D eigenvalue weighted by Gasteiger charge is -1.91. The van der Waals surface area contributed by atoms with E-state index < -0.39 is 0 Å². The number of hydrogen-bond donors (Lipinski definition) is 0. The molecule has 0 fully saturated rings. The Morgan fingerprint density at radius 2 is 2.38 bits per heavy atom. The summed E-state index contributed by atoms with van der Waals surface area (Å²) in [4.78, 5) is 2.37. The molecular weight excluding hydrogens is 252 g/mol. The summed E-state index contributed by atoms with van der Waals surface area (Å²) in [5.74, 6) is 0.817. The molecular formula is C7H7BrN4S. The SMILES string of the molecule is Cn1nnnc1-c1ccc(CBr)s1. The number of aromatic nitrogens is 4. The average molecular weight is 259 g/mol. The highest BCUT2D eigenvalue weighted by Gasteiger charge is 2.07. The first-order valence-electron chi connectivity index (χ1n) is 3.68. The summed E-state index contributed by atoms with van der Waals surface area (Å²) in [5.41, 5.74) is 0. The zero-order chi connectivity index (χ0) is 9.26. The van der Waals surface area contributed by atoms with Crippen LogP contribution in [-0.2, 0) is 12.4 Å². The number of aryl methyl sites for hydroxylation is 1. The van der Waals surface area contributed by atoms with Gasteiger partial charge in [0.15, 0.2) is 5.82 Å². The summed E-state index contributed by atoms with van der Waals surface area (Å²) in [5, 5.41) is 12.2. The predicted molar refractivity (Wildman–Crippen MR) is 54.7 cm³/mol. The number of rotatable bonds is 2. The Bertz CT molecular complexity index is 408. The van der Waals surface area contributed by atoms with Crippen molar-refractivity contribution in [1.82, 2.24) is 20.2 Å². The number of hydrogen-bond acceptors (Lipinski definition) is 4. The fraction of sp³-hybridized carbons (Fsp3) is 0.286. The van der Waals surface area contributed by atoms with Crippen molar-refractivity contribution in [2.75, 3.05) is 0 Å². The van der Waals surface area contributed by atoms with Crippen molar-refractivity contribution in [2.24, 2.45) is 7.05 Å². The lowest BCUT2D eigenvalue weighted by molar-refractivity contribution is 0.715. The van der Waals surface area contributed by atoms with E-state index in [2.05, 4.69) is 37.5 Å². The molecule has 4 nitrogen and oxygen atoms in total. The van der Waals surface area contributed by atoms with Crippen LogP contribution in [0.4, 0.5) is 0 Å². The summed E-state index contributed by atoms with van der Waals surface area (Å²) in [6.07, 6.45) is 0. The van der Waals surface area contributed by atoms with Crippen LogP contribution in [0.25, 0.3) is 10.7 Å². The van der Waals surface area contributed by atoms with Gasteiger partial charge in [-0.2, -0.15) is 0 Å². The molecule has 0 spiro atoms. The van der Waals surface area contributed by atoms with Gasteiger partial charge in [-0.05, 0) is 22.6 Å². The number of nitrogens with zero attached hydrogens (tertiary/aromatic N) is 4. The Hall–Kier alpha value is -0.750. The zero-order valence-electron chi connectivity index (χ0n) is 6.94. The van der Waals surface area contributed by atoms with Gasteiger partial charge in [-0.3, -0.25) is 0 Å². The lowest BCUT2D eigenvalue weighted by atomic mass is 10.4. The molecule has 2 aromatic heterocycles. The van der Waals surface area contributed by atoms with Crippen LogP contribution in [0.5, 0.6) is 0 Å². The van der Waals surface area contributed by atoms with E-state index in [-0.39, 0.29) is 0 Å². The lowest BCUT2D eigenvalue weighted by Crippen LogP contribution is -1.92. The van der Waals surface area contributed by atoms with Crippen molar-refractivity contribution in [3.8, 4) is 10.7 Å². The highest BCUT2D eigenvalue weighted by molar-refractivity contribution is 9.08. The maximum atomic E-state index is 3.93. The van der Waals surface area contributed by atoms with Gasteiger partial charge in [0.05, 0.1) is 4.88 Å². The molecule has 13 heavy (non-hydrogen) atoms. The highest BCUT2D eigenvalue weighted by atomic mass is 79.9. The monoisotopic (exact) mass is 258 g/mol. The second-order valence-corrected chi connectivity index (χ2v) is 4.25. The van der Waals surface area contributed by atoms with E-state index in [1.165, 1.54) is 4.88 Å².